The molecule has 0 saturated heterocycles. The summed E-state index contributed by atoms with van der Waals surface area (Å²) in [6, 6.07) is 5.28. The number of aliphatic hydroxyl groups is 1. The van der Waals surface area contributed by atoms with Gasteiger partial charge in [-0.2, -0.15) is 16.8 Å². The lowest BCUT2D eigenvalue weighted by atomic mass is 10.1. The molecule has 0 fully saturated rings. The number of benzene rings is 1. The Morgan fingerprint density at radius 3 is 1.62 bits per heavy atom. The van der Waals surface area contributed by atoms with Crippen molar-refractivity contribution in [1.82, 2.24) is 0 Å². The van der Waals surface area contributed by atoms with Crippen molar-refractivity contribution in [2.24, 2.45) is 0 Å². The maximum absolute atomic E-state index is 8.74. The third kappa shape index (κ3) is 24.0. The zero-order chi connectivity index (χ0) is 17.3. The highest BCUT2D eigenvalue weighted by molar-refractivity contribution is 7.80. The third-order valence-corrected chi connectivity index (χ3v) is 1.55. The van der Waals surface area contributed by atoms with Crippen molar-refractivity contribution >= 4 is 32.2 Å². The number of anilines is 2. The molecule has 1 rings (SSSR count). The minimum Gasteiger partial charge on any atom is -0.399 e. The van der Waals surface area contributed by atoms with Gasteiger partial charge in [0.05, 0.1) is 0 Å². The molecule has 1 aromatic rings. The summed E-state index contributed by atoms with van der Waals surface area (Å²) in [5, 5.41) is 8.64. The van der Waals surface area contributed by atoms with E-state index in [4.69, 9.17) is 51.6 Å². The van der Waals surface area contributed by atoms with E-state index in [1.807, 2.05) is 0 Å². The summed E-state index contributed by atoms with van der Waals surface area (Å²) in [7, 11) is -9.33. The Bertz CT molecular complexity index is 581. The molecule has 0 aliphatic carbocycles. The smallest absolute Gasteiger partial charge is 0.394 e. The average molecular weight is 348 g/mol. The van der Waals surface area contributed by atoms with E-state index in [1.165, 1.54) is 0 Å². The molecule has 13 heteroatoms. The fourth-order valence-electron chi connectivity index (χ4n) is 0.963. The van der Waals surface area contributed by atoms with Crippen molar-refractivity contribution in [3.8, 4) is 0 Å². The van der Waals surface area contributed by atoms with Crippen molar-refractivity contribution in [1.29, 1.82) is 0 Å². The molecular formula is C8H16N2O9S2. The largest absolute Gasteiger partial charge is 0.399 e. The monoisotopic (exact) mass is 348 g/mol. The second-order valence-electron chi connectivity index (χ2n) is 3.33. The molecule has 0 aromatic heterocycles. The highest BCUT2D eigenvalue weighted by Gasteiger charge is 1.97. The highest BCUT2D eigenvalue weighted by atomic mass is 32.3. The van der Waals surface area contributed by atoms with Gasteiger partial charge in [-0.3, -0.25) is 18.2 Å². The van der Waals surface area contributed by atoms with Crippen LogP contribution in [0.25, 0.3) is 0 Å². The molecule has 0 saturated carbocycles. The van der Waals surface area contributed by atoms with Crippen LogP contribution in [0, 0.1) is 0 Å². The number of rotatable bonds is 2. The molecule has 0 bridgehead atoms. The molecule has 0 aliphatic rings. The summed E-state index contributed by atoms with van der Waals surface area (Å²) in [6.45, 7) is 0.105. The van der Waals surface area contributed by atoms with Crippen molar-refractivity contribution in [3.05, 3.63) is 23.8 Å². The van der Waals surface area contributed by atoms with Gasteiger partial charge < -0.3 is 16.6 Å². The fourth-order valence-corrected chi connectivity index (χ4v) is 0.963. The van der Waals surface area contributed by atoms with Gasteiger partial charge in [-0.05, 0) is 30.2 Å². The molecule has 0 heterocycles. The van der Waals surface area contributed by atoms with Crippen molar-refractivity contribution in [3.63, 3.8) is 0 Å². The van der Waals surface area contributed by atoms with Crippen LogP contribution in [0.5, 0.6) is 0 Å². The lowest BCUT2D eigenvalue weighted by Gasteiger charge is -2.03. The quantitative estimate of drug-likeness (QED) is 0.255. The van der Waals surface area contributed by atoms with E-state index in [0.29, 0.717) is 17.8 Å². The van der Waals surface area contributed by atoms with Gasteiger partial charge in [0.1, 0.15) is 0 Å². The minimum atomic E-state index is -4.67. The Morgan fingerprint density at radius 1 is 0.905 bits per heavy atom. The van der Waals surface area contributed by atoms with E-state index in [1.54, 1.807) is 18.2 Å². The Hall–Kier alpha value is -1.48. The average Bonchev–Trinajstić information content (AvgIpc) is 2.19. The highest BCUT2D eigenvalue weighted by Crippen LogP contribution is 2.15. The zero-order valence-electron chi connectivity index (χ0n) is 10.5. The van der Waals surface area contributed by atoms with Crippen LogP contribution in [0.2, 0.25) is 0 Å². The first-order valence-electron chi connectivity index (χ1n) is 4.88. The summed E-state index contributed by atoms with van der Waals surface area (Å²) in [5.74, 6) is 0. The molecule has 0 unspecified atom stereocenters. The molecule has 0 atom stereocenters. The summed E-state index contributed by atoms with van der Waals surface area (Å²) in [6.07, 6.45) is 0.566. The Balaban J connectivity index is 0. The maximum atomic E-state index is 8.74. The van der Waals surface area contributed by atoms with Gasteiger partial charge in [0.2, 0.25) is 0 Å². The molecule has 124 valence electrons. The zero-order valence-corrected chi connectivity index (χ0v) is 12.1. The molecule has 0 amide bonds. The normalized spacial score (nSPS) is 10.7. The summed E-state index contributed by atoms with van der Waals surface area (Å²) >= 11 is 0. The van der Waals surface area contributed by atoms with E-state index in [9.17, 15) is 0 Å². The number of nitrogens with two attached hydrogens (primary N) is 2. The first kappa shape index (κ1) is 21.8. The Morgan fingerprint density at radius 2 is 1.29 bits per heavy atom. The number of nitrogen functional groups attached to an aromatic ring is 2. The SMILES string of the molecule is Nc1ccc(N)c(CCO)c1.O=S(=O)(O)O.O=S(=O)(O)O. The van der Waals surface area contributed by atoms with Crippen LogP contribution in [0.1, 0.15) is 5.56 Å². The van der Waals surface area contributed by atoms with Crippen LogP contribution < -0.4 is 11.5 Å². The van der Waals surface area contributed by atoms with Crippen molar-refractivity contribution < 1.29 is 40.2 Å². The third-order valence-electron chi connectivity index (χ3n) is 1.55. The second kappa shape index (κ2) is 9.46. The predicted molar refractivity (Wildman–Crippen MR) is 74.4 cm³/mol. The molecule has 1 aromatic carbocycles. The predicted octanol–water partition coefficient (Wildman–Crippen LogP) is -0.920. The molecular weight excluding hydrogens is 332 g/mol. The maximum Gasteiger partial charge on any atom is 0.394 e. The number of aliphatic hydroxyl groups excluding tert-OH is 1. The fraction of sp³-hybridized carbons (Fsp3) is 0.250. The molecule has 9 N–H and O–H groups in total. The number of hydrogen-bond donors (Lipinski definition) is 7. The van der Waals surface area contributed by atoms with E-state index >= 15 is 0 Å². The van der Waals surface area contributed by atoms with E-state index in [0.717, 1.165) is 5.56 Å². The van der Waals surface area contributed by atoms with Crippen LogP contribution in [0.3, 0.4) is 0 Å². The lowest BCUT2D eigenvalue weighted by molar-refractivity contribution is 0.300. The van der Waals surface area contributed by atoms with Gasteiger partial charge in [0.25, 0.3) is 0 Å². The van der Waals surface area contributed by atoms with Crippen LogP contribution in [0.15, 0.2) is 18.2 Å². The first-order valence-corrected chi connectivity index (χ1v) is 7.68. The van der Waals surface area contributed by atoms with Crippen LogP contribution in [0.4, 0.5) is 11.4 Å². The minimum absolute atomic E-state index is 0.105. The van der Waals surface area contributed by atoms with Crippen LogP contribution in [-0.2, 0) is 27.2 Å². The second-order valence-corrected chi connectivity index (χ2v) is 5.12. The van der Waals surface area contributed by atoms with Crippen LogP contribution in [-0.4, -0.2) is 46.8 Å². The van der Waals surface area contributed by atoms with Gasteiger partial charge in [-0.1, -0.05) is 0 Å². The lowest BCUT2D eigenvalue weighted by Crippen LogP contribution is -1.98. The molecule has 0 radical (unpaired) electrons. The summed E-state index contributed by atoms with van der Waals surface area (Å²) < 4.78 is 63.2. The summed E-state index contributed by atoms with van der Waals surface area (Å²) in [4.78, 5) is 0. The molecule has 0 spiro atoms. The Labute approximate surface area is 121 Å². The molecule has 11 nitrogen and oxygen atoms in total. The molecule has 21 heavy (non-hydrogen) atoms. The van der Waals surface area contributed by atoms with Gasteiger partial charge in [-0.15, -0.1) is 0 Å². The van der Waals surface area contributed by atoms with Gasteiger partial charge in [0, 0.05) is 18.0 Å². The number of hydrogen-bond acceptors (Lipinski definition) is 7. The van der Waals surface area contributed by atoms with Gasteiger partial charge in [0.15, 0.2) is 0 Å². The van der Waals surface area contributed by atoms with Gasteiger partial charge in [-0.25, -0.2) is 0 Å². The Kier molecular flexibility index (Phi) is 9.82. The van der Waals surface area contributed by atoms with Crippen molar-refractivity contribution in [2.45, 2.75) is 6.42 Å². The standard InChI is InChI=1S/C8H12N2O.2H2O4S/c9-7-1-2-8(10)6(5-7)3-4-11;2*1-5(2,3)4/h1-2,5,11H,3-4,9-10H2;2*(H2,1,2,3,4). The summed E-state index contributed by atoms with van der Waals surface area (Å²) in [5.41, 5.74) is 13.4. The van der Waals surface area contributed by atoms with Crippen molar-refractivity contribution in [2.75, 3.05) is 18.1 Å². The molecule has 0 aliphatic heterocycles. The van der Waals surface area contributed by atoms with E-state index in [2.05, 4.69) is 0 Å². The topological polar surface area (TPSA) is 221 Å². The first-order chi connectivity index (χ1) is 9.24. The van der Waals surface area contributed by atoms with Gasteiger partial charge >= 0.3 is 20.8 Å². The van der Waals surface area contributed by atoms with E-state index < -0.39 is 20.8 Å². The van der Waals surface area contributed by atoms with Crippen LogP contribution >= 0.6 is 0 Å². The van der Waals surface area contributed by atoms with E-state index in [-0.39, 0.29) is 6.61 Å².